The van der Waals surface area contributed by atoms with Crippen molar-refractivity contribution >= 4 is 0 Å². The summed E-state index contributed by atoms with van der Waals surface area (Å²) >= 11 is 0. The van der Waals surface area contributed by atoms with E-state index in [9.17, 15) is 0 Å². The fourth-order valence-corrected chi connectivity index (χ4v) is 3.19. The van der Waals surface area contributed by atoms with Crippen molar-refractivity contribution in [3.05, 3.63) is 0 Å². The van der Waals surface area contributed by atoms with Gasteiger partial charge < -0.3 is 9.47 Å². The Balaban J connectivity index is 1.96. The van der Waals surface area contributed by atoms with Crippen LogP contribution in [0.25, 0.3) is 0 Å². The van der Waals surface area contributed by atoms with Crippen LogP contribution in [-0.2, 0) is 9.47 Å². The second kappa shape index (κ2) is 2.12. The molecule has 4 saturated heterocycles. The first kappa shape index (κ1) is 8.25. The lowest BCUT2D eigenvalue weighted by Crippen LogP contribution is -2.49. The fourth-order valence-electron chi connectivity index (χ4n) is 3.19. The molecule has 0 amide bonds. The number of rotatable bonds is 0. The minimum absolute atomic E-state index is 0.128. The molecule has 4 rings (SSSR count). The van der Waals surface area contributed by atoms with Crippen LogP contribution >= 0.6 is 0 Å². The Labute approximate surface area is 79.6 Å². The Hall–Kier alpha value is -0.0800. The smallest absolute Gasteiger partial charge is 0.0870 e. The van der Waals surface area contributed by atoms with Crippen LogP contribution in [0.2, 0.25) is 0 Å². The zero-order valence-corrected chi connectivity index (χ0v) is 8.67. The van der Waals surface area contributed by atoms with Gasteiger partial charge in [-0.1, -0.05) is 20.8 Å². The molecule has 2 nitrogen and oxygen atoms in total. The third-order valence-corrected chi connectivity index (χ3v) is 4.11. The van der Waals surface area contributed by atoms with Crippen LogP contribution in [0.3, 0.4) is 0 Å². The third kappa shape index (κ3) is 0.909. The van der Waals surface area contributed by atoms with Crippen molar-refractivity contribution in [2.24, 2.45) is 5.41 Å². The first-order chi connectivity index (χ1) is 6.00. The highest BCUT2D eigenvalue weighted by Gasteiger charge is 2.62. The summed E-state index contributed by atoms with van der Waals surface area (Å²) in [7, 11) is 0. The van der Waals surface area contributed by atoms with E-state index in [0.29, 0.717) is 18.3 Å². The molecule has 0 radical (unpaired) electrons. The Morgan fingerprint density at radius 3 is 2.46 bits per heavy atom. The van der Waals surface area contributed by atoms with Gasteiger partial charge in [0.05, 0.1) is 23.9 Å². The Kier molecular flexibility index (Phi) is 1.34. The van der Waals surface area contributed by atoms with Gasteiger partial charge in [0, 0.05) is 19.3 Å². The molecule has 4 fully saturated rings. The van der Waals surface area contributed by atoms with Gasteiger partial charge in [0.1, 0.15) is 0 Å². The van der Waals surface area contributed by atoms with Crippen molar-refractivity contribution < 1.29 is 9.47 Å². The summed E-state index contributed by atoms with van der Waals surface area (Å²) in [4.78, 5) is 0. The Morgan fingerprint density at radius 1 is 1.15 bits per heavy atom. The van der Waals surface area contributed by atoms with Gasteiger partial charge in [-0.05, 0) is 5.41 Å². The van der Waals surface area contributed by atoms with E-state index in [-0.39, 0.29) is 11.0 Å². The first-order valence-corrected chi connectivity index (χ1v) is 5.33. The molecule has 74 valence electrons. The molecule has 4 aliphatic heterocycles. The minimum atomic E-state index is 0.128. The maximum absolute atomic E-state index is 6.18. The van der Waals surface area contributed by atoms with Crippen molar-refractivity contribution in [3.8, 4) is 0 Å². The lowest BCUT2D eigenvalue weighted by atomic mass is 9.71. The molecule has 0 spiro atoms. The maximum atomic E-state index is 6.18. The molecule has 4 unspecified atom stereocenters. The molecule has 0 aliphatic carbocycles. The molecule has 0 aromatic rings. The van der Waals surface area contributed by atoms with Crippen LogP contribution < -0.4 is 0 Å². The molecule has 4 aliphatic rings. The van der Waals surface area contributed by atoms with Crippen LogP contribution in [0.5, 0.6) is 0 Å². The molecule has 4 atom stereocenters. The van der Waals surface area contributed by atoms with E-state index >= 15 is 0 Å². The first-order valence-electron chi connectivity index (χ1n) is 5.33. The van der Waals surface area contributed by atoms with Gasteiger partial charge in [-0.15, -0.1) is 0 Å². The van der Waals surface area contributed by atoms with E-state index in [1.54, 1.807) is 0 Å². The van der Waals surface area contributed by atoms with E-state index in [1.165, 1.54) is 0 Å². The molecule has 0 N–H and O–H groups in total. The molecule has 0 aromatic carbocycles. The lowest BCUT2D eigenvalue weighted by Gasteiger charge is -2.46. The molecular formula is C11H18O2. The minimum Gasteiger partial charge on any atom is -0.372 e. The van der Waals surface area contributed by atoms with Crippen molar-refractivity contribution in [2.75, 3.05) is 0 Å². The van der Waals surface area contributed by atoms with E-state index in [1.807, 2.05) is 0 Å². The van der Waals surface area contributed by atoms with Crippen molar-refractivity contribution in [1.82, 2.24) is 0 Å². The normalized spacial score (nSPS) is 53.3. The van der Waals surface area contributed by atoms with Crippen molar-refractivity contribution in [1.29, 1.82) is 0 Å². The summed E-state index contributed by atoms with van der Waals surface area (Å²) in [5.41, 5.74) is 0.395. The fraction of sp³-hybridized carbons (Fsp3) is 1.00. The second-order valence-corrected chi connectivity index (χ2v) is 5.84. The van der Waals surface area contributed by atoms with E-state index in [2.05, 4.69) is 20.8 Å². The van der Waals surface area contributed by atoms with Crippen LogP contribution in [-0.4, -0.2) is 23.9 Å². The largest absolute Gasteiger partial charge is 0.372 e. The SMILES string of the molecule is CC(C)(C)C12CC3CC(O1)C(C2)O3. The van der Waals surface area contributed by atoms with Gasteiger partial charge in [-0.3, -0.25) is 0 Å². The summed E-state index contributed by atoms with van der Waals surface area (Å²) in [6, 6.07) is 0. The molecule has 0 aromatic heterocycles. The molecular weight excluding hydrogens is 164 g/mol. The standard InChI is InChI=1S/C11H18O2/c1-10(2,3)11-5-7-4-8(13-11)9(6-11)12-7/h7-9H,4-6H2,1-3H3. The Bertz CT molecular complexity index is 221. The average molecular weight is 182 g/mol. The second-order valence-electron chi connectivity index (χ2n) is 5.84. The zero-order chi connectivity index (χ0) is 9.27. The van der Waals surface area contributed by atoms with E-state index in [4.69, 9.17) is 9.47 Å². The summed E-state index contributed by atoms with van der Waals surface area (Å²) in [5, 5.41) is 0. The highest BCUT2D eigenvalue weighted by molar-refractivity contribution is 5.11. The number of hydrogen-bond acceptors (Lipinski definition) is 2. The van der Waals surface area contributed by atoms with Gasteiger partial charge in [0.25, 0.3) is 0 Å². The van der Waals surface area contributed by atoms with Crippen molar-refractivity contribution in [3.63, 3.8) is 0 Å². The predicted octanol–water partition coefficient (Wildman–Crippen LogP) is 2.12. The summed E-state index contributed by atoms with van der Waals surface area (Å²) in [5.74, 6) is 0. The van der Waals surface area contributed by atoms with Crippen molar-refractivity contribution in [2.45, 2.75) is 63.9 Å². The van der Waals surface area contributed by atoms with Crippen LogP contribution in [0.1, 0.15) is 40.0 Å². The van der Waals surface area contributed by atoms with Gasteiger partial charge in [-0.25, -0.2) is 0 Å². The molecule has 13 heavy (non-hydrogen) atoms. The molecule has 0 saturated carbocycles. The maximum Gasteiger partial charge on any atom is 0.0870 e. The van der Waals surface area contributed by atoms with E-state index < -0.39 is 0 Å². The summed E-state index contributed by atoms with van der Waals surface area (Å²) in [6.07, 6.45) is 4.71. The zero-order valence-electron chi connectivity index (χ0n) is 8.67. The van der Waals surface area contributed by atoms with Gasteiger partial charge >= 0.3 is 0 Å². The monoisotopic (exact) mass is 182 g/mol. The van der Waals surface area contributed by atoms with Crippen LogP contribution in [0, 0.1) is 5.41 Å². The molecule has 4 bridgehead atoms. The number of hydrogen-bond donors (Lipinski definition) is 0. The quantitative estimate of drug-likeness (QED) is 0.571. The third-order valence-electron chi connectivity index (χ3n) is 4.11. The van der Waals surface area contributed by atoms with Gasteiger partial charge in [-0.2, -0.15) is 0 Å². The van der Waals surface area contributed by atoms with Crippen LogP contribution in [0.15, 0.2) is 0 Å². The number of ether oxygens (including phenoxy) is 2. The summed E-state index contributed by atoms with van der Waals surface area (Å²) in [6.45, 7) is 6.88. The molecule has 2 heteroatoms. The summed E-state index contributed by atoms with van der Waals surface area (Å²) < 4.78 is 12.0. The molecule has 4 heterocycles. The van der Waals surface area contributed by atoms with Gasteiger partial charge in [0.2, 0.25) is 0 Å². The van der Waals surface area contributed by atoms with Crippen LogP contribution in [0.4, 0.5) is 0 Å². The van der Waals surface area contributed by atoms with Gasteiger partial charge in [0.15, 0.2) is 0 Å². The Morgan fingerprint density at radius 2 is 1.92 bits per heavy atom. The predicted molar refractivity (Wildman–Crippen MR) is 49.6 cm³/mol. The van der Waals surface area contributed by atoms with E-state index in [0.717, 1.165) is 19.3 Å². The topological polar surface area (TPSA) is 18.5 Å². The highest BCUT2D eigenvalue weighted by Crippen LogP contribution is 2.56. The average Bonchev–Trinajstić information content (AvgIpc) is 2.37. The lowest BCUT2D eigenvalue weighted by molar-refractivity contribution is -0.158. The highest BCUT2D eigenvalue weighted by atomic mass is 16.6.